The maximum Gasteiger partial charge on any atom is 0.252 e. The quantitative estimate of drug-likeness (QED) is 0.621. The lowest BCUT2D eigenvalue weighted by Gasteiger charge is -1.99. The summed E-state index contributed by atoms with van der Waals surface area (Å²) in [5, 5.41) is 0.299. The highest BCUT2D eigenvalue weighted by Gasteiger charge is 2.01. The minimum atomic E-state index is 0.299. The van der Waals surface area contributed by atoms with Gasteiger partial charge in [-0.15, -0.1) is 0 Å². The molecule has 4 heteroatoms. The van der Waals surface area contributed by atoms with Gasteiger partial charge < -0.3 is 4.74 Å². The van der Waals surface area contributed by atoms with Crippen LogP contribution >= 0.6 is 11.6 Å². The van der Waals surface area contributed by atoms with Crippen molar-refractivity contribution in [2.75, 3.05) is 7.11 Å². The number of rotatable bonds is 1. The molecule has 0 aliphatic rings. The second-order valence-electron chi connectivity index (χ2n) is 1.81. The van der Waals surface area contributed by atoms with Crippen molar-refractivity contribution in [2.24, 2.45) is 0 Å². The van der Waals surface area contributed by atoms with E-state index in [9.17, 15) is 0 Å². The second kappa shape index (κ2) is 2.84. The molecule has 1 heterocycles. The fourth-order valence-electron chi connectivity index (χ4n) is 0.570. The van der Waals surface area contributed by atoms with E-state index in [1.54, 1.807) is 6.20 Å². The maximum absolute atomic E-state index is 5.60. The minimum absolute atomic E-state index is 0.299. The zero-order valence-electron chi connectivity index (χ0n) is 5.76. The standard InChI is InChI=1S/C6H7ClN2O/c1-4-3-8-5(7)6(9-4)10-2/h3H,1-2H3. The van der Waals surface area contributed by atoms with E-state index in [0.717, 1.165) is 5.69 Å². The average molecular weight is 159 g/mol. The molecule has 0 aliphatic carbocycles. The van der Waals surface area contributed by atoms with Crippen LogP contribution in [-0.2, 0) is 0 Å². The number of hydrogen-bond donors (Lipinski definition) is 0. The Labute approximate surface area is 64.0 Å². The number of aryl methyl sites for hydroxylation is 1. The third kappa shape index (κ3) is 1.36. The summed E-state index contributed by atoms with van der Waals surface area (Å²) in [7, 11) is 1.51. The molecule has 0 atom stereocenters. The molecule has 0 N–H and O–H groups in total. The number of aromatic nitrogens is 2. The van der Waals surface area contributed by atoms with Crippen LogP contribution in [0.25, 0.3) is 0 Å². The van der Waals surface area contributed by atoms with Gasteiger partial charge in [0.05, 0.1) is 19.0 Å². The molecule has 0 amide bonds. The van der Waals surface area contributed by atoms with Crippen molar-refractivity contribution in [3.63, 3.8) is 0 Å². The number of ether oxygens (including phenoxy) is 1. The lowest BCUT2D eigenvalue weighted by atomic mass is 10.5. The molecule has 0 saturated carbocycles. The summed E-state index contributed by atoms with van der Waals surface area (Å²) >= 11 is 5.60. The fourth-order valence-corrected chi connectivity index (χ4v) is 0.739. The second-order valence-corrected chi connectivity index (χ2v) is 2.17. The molecule has 0 spiro atoms. The van der Waals surface area contributed by atoms with Crippen LogP contribution in [0.1, 0.15) is 5.69 Å². The Kier molecular flexibility index (Phi) is 2.06. The molecule has 0 aromatic carbocycles. The Hall–Kier alpha value is -0.830. The number of nitrogens with zero attached hydrogens (tertiary/aromatic N) is 2. The molecule has 0 bridgehead atoms. The van der Waals surface area contributed by atoms with E-state index in [-0.39, 0.29) is 0 Å². The van der Waals surface area contributed by atoms with Crippen molar-refractivity contribution in [3.8, 4) is 5.88 Å². The molecule has 0 saturated heterocycles. The van der Waals surface area contributed by atoms with Crippen LogP contribution in [0.3, 0.4) is 0 Å². The summed E-state index contributed by atoms with van der Waals surface area (Å²) in [4.78, 5) is 7.80. The Morgan fingerprint density at radius 2 is 2.30 bits per heavy atom. The van der Waals surface area contributed by atoms with Crippen molar-refractivity contribution in [1.82, 2.24) is 9.97 Å². The molecular weight excluding hydrogens is 152 g/mol. The zero-order valence-corrected chi connectivity index (χ0v) is 6.51. The van der Waals surface area contributed by atoms with Crippen molar-refractivity contribution in [2.45, 2.75) is 6.92 Å². The third-order valence-electron chi connectivity index (χ3n) is 1.01. The molecule has 0 radical (unpaired) electrons. The molecule has 1 aromatic heterocycles. The summed E-state index contributed by atoms with van der Waals surface area (Å²) in [5.74, 6) is 0.377. The lowest BCUT2D eigenvalue weighted by molar-refractivity contribution is 0.395. The van der Waals surface area contributed by atoms with E-state index in [1.165, 1.54) is 7.11 Å². The SMILES string of the molecule is COc1nc(C)cnc1Cl. The van der Waals surface area contributed by atoms with Gasteiger partial charge in [-0.3, -0.25) is 0 Å². The number of halogens is 1. The Morgan fingerprint density at radius 3 is 2.80 bits per heavy atom. The predicted octanol–water partition coefficient (Wildman–Crippen LogP) is 1.45. The van der Waals surface area contributed by atoms with Crippen molar-refractivity contribution < 1.29 is 4.74 Å². The van der Waals surface area contributed by atoms with Gasteiger partial charge in [-0.1, -0.05) is 11.6 Å². The molecule has 54 valence electrons. The summed E-state index contributed by atoms with van der Waals surface area (Å²) in [6, 6.07) is 0. The Morgan fingerprint density at radius 1 is 1.60 bits per heavy atom. The van der Waals surface area contributed by atoms with Gasteiger partial charge in [-0.2, -0.15) is 0 Å². The van der Waals surface area contributed by atoms with Crippen LogP contribution in [0, 0.1) is 6.92 Å². The van der Waals surface area contributed by atoms with Crippen LogP contribution in [0.2, 0.25) is 5.15 Å². The molecule has 1 aromatic rings. The first-order valence-corrected chi connectivity index (χ1v) is 3.15. The first kappa shape index (κ1) is 7.28. The average Bonchev–Trinajstić information content (AvgIpc) is 1.94. The van der Waals surface area contributed by atoms with Gasteiger partial charge in [0, 0.05) is 0 Å². The van der Waals surface area contributed by atoms with Crippen LogP contribution in [-0.4, -0.2) is 17.1 Å². The molecule has 10 heavy (non-hydrogen) atoms. The summed E-state index contributed by atoms with van der Waals surface area (Å²) in [6.45, 7) is 1.83. The van der Waals surface area contributed by atoms with Crippen molar-refractivity contribution in [1.29, 1.82) is 0 Å². The molecule has 0 aliphatic heterocycles. The van der Waals surface area contributed by atoms with E-state index in [4.69, 9.17) is 16.3 Å². The predicted molar refractivity (Wildman–Crippen MR) is 38.3 cm³/mol. The van der Waals surface area contributed by atoms with Gasteiger partial charge >= 0.3 is 0 Å². The van der Waals surface area contributed by atoms with Gasteiger partial charge in [0.1, 0.15) is 0 Å². The lowest BCUT2D eigenvalue weighted by Crippen LogP contribution is -1.92. The molecule has 1 rings (SSSR count). The highest BCUT2D eigenvalue weighted by atomic mass is 35.5. The van der Waals surface area contributed by atoms with E-state index < -0.39 is 0 Å². The van der Waals surface area contributed by atoms with Gasteiger partial charge in [0.15, 0.2) is 5.15 Å². The Balaban J connectivity index is 3.09. The first-order valence-electron chi connectivity index (χ1n) is 2.77. The van der Waals surface area contributed by atoms with Gasteiger partial charge in [-0.05, 0) is 6.92 Å². The van der Waals surface area contributed by atoms with E-state index in [2.05, 4.69) is 9.97 Å². The largest absolute Gasteiger partial charge is 0.479 e. The molecule has 0 unspecified atom stereocenters. The minimum Gasteiger partial charge on any atom is -0.479 e. The van der Waals surface area contributed by atoms with Crippen molar-refractivity contribution in [3.05, 3.63) is 17.0 Å². The zero-order chi connectivity index (χ0) is 7.56. The van der Waals surface area contributed by atoms with Crippen LogP contribution in [0.15, 0.2) is 6.20 Å². The van der Waals surface area contributed by atoms with Crippen molar-refractivity contribution >= 4 is 11.6 Å². The molecule has 3 nitrogen and oxygen atoms in total. The highest BCUT2D eigenvalue weighted by molar-refractivity contribution is 6.30. The maximum atomic E-state index is 5.60. The Bertz CT molecular complexity index is 239. The number of hydrogen-bond acceptors (Lipinski definition) is 3. The van der Waals surface area contributed by atoms with Gasteiger partial charge in [0.25, 0.3) is 5.88 Å². The van der Waals surface area contributed by atoms with Crippen LogP contribution in [0.4, 0.5) is 0 Å². The van der Waals surface area contributed by atoms with Crippen LogP contribution in [0.5, 0.6) is 5.88 Å². The summed E-state index contributed by atoms with van der Waals surface area (Å²) in [5.41, 5.74) is 0.793. The molecule has 0 fully saturated rings. The third-order valence-corrected chi connectivity index (χ3v) is 1.27. The smallest absolute Gasteiger partial charge is 0.252 e. The summed E-state index contributed by atoms with van der Waals surface area (Å²) in [6.07, 6.45) is 1.59. The van der Waals surface area contributed by atoms with E-state index >= 15 is 0 Å². The summed E-state index contributed by atoms with van der Waals surface area (Å²) < 4.78 is 4.82. The van der Waals surface area contributed by atoms with Gasteiger partial charge in [0.2, 0.25) is 0 Å². The fraction of sp³-hybridized carbons (Fsp3) is 0.333. The first-order chi connectivity index (χ1) is 4.74. The topological polar surface area (TPSA) is 35.0 Å². The normalized spacial score (nSPS) is 9.50. The molecular formula is C6H7ClN2O. The van der Waals surface area contributed by atoms with Gasteiger partial charge in [-0.25, -0.2) is 9.97 Å². The van der Waals surface area contributed by atoms with Crippen LogP contribution < -0.4 is 4.74 Å². The van der Waals surface area contributed by atoms with E-state index in [0.29, 0.717) is 11.0 Å². The van der Waals surface area contributed by atoms with E-state index in [1.807, 2.05) is 6.92 Å². The highest BCUT2D eigenvalue weighted by Crippen LogP contribution is 2.17. The number of methoxy groups -OCH3 is 1. The monoisotopic (exact) mass is 158 g/mol.